The molecule has 3 fully saturated rings. The molecule has 1 aliphatic carbocycles. The van der Waals surface area contributed by atoms with Crippen LogP contribution in [0.2, 0.25) is 0 Å². The number of ether oxygens (including phenoxy) is 1. The Morgan fingerprint density at radius 3 is 2.89 bits per heavy atom. The van der Waals surface area contributed by atoms with E-state index >= 15 is 0 Å². The monoisotopic (exact) mass is 253 g/mol. The van der Waals surface area contributed by atoms with E-state index in [4.69, 9.17) is 4.74 Å². The normalized spacial score (nSPS) is 35.4. The third kappa shape index (κ3) is 2.04. The summed E-state index contributed by atoms with van der Waals surface area (Å²) in [6, 6.07) is 0. The summed E-state index contributed by atoms with van der Waals surface area (Å²) in [7, 11) is 2.11. The Morgan fingerprint density at radius 1 is 1.50 bits per heavy atom. The van der Waals surface area contributed by atoms with Gasteiger partial charge < -0.3 is 14.5 Å². The summed E-state index contributed by atoms with van der Waals surface area (Å²) in [6.45, 7) is 5.55. The highest BCUT2D eigenvalue weighted by Gasteiger charge is 2.58. The molecule has 2 unspecified atom stereocenters. The fourth-order valence-electron chi connectivity index (χ4n) is 3.09. The summed E-state index contributed by atoms with van der Waals surface area (Å²) >= 11 is 0. The lowest BCUT2D eigenvalue weighted by Gasteiger charge is -2.34. The van der Waals surface area contributed by atoms with Crippen LogP contribution in [-0.4, -0.2) is 66.8 Å². The molecule has 5 nitrogen and oxygen atoms in total. The smallest absolute Gasteiger partial charge is 0.244 e. The molecule has 0 radical (unpaired) electrons. The van der Waals surface area contributed by atoms with E-state index in [0.29, 0.717) is 5.91 Å². The van der Waals surface area contributed by atoms with E-state index in [1.54, 1.807) is 0 Å². The van der Waals surface area contributed by atoms with Crippen LogP contribution < -0.4 is 5.32 Å². The van der Waals surface area contributed by atoms with Gasteiger partial charge in [-0.3, -0.25) is 10.1 Å². The van der Waals surface area contributed by atoms with Gasteiger partial charge in [-0.2, -0.15) is 0 Å². The maximum Gasteiger partial charge on any atom is 0.244 e. The van der Waals surface area contributed by atoms with Gasteiger partial charge in [0.2, 0.25) is 5.91 Å². The van der Waals surface area contributed by atoms with Crippen molar-refractivity contribution in [3.63, 3.8) is 0 Å². The van der Waals surface area contributed by atoms with E-state index in [1.807, 2.05) is 4.90 Å². The molecule has 0 aromatic carbocycles. The van der Waals surface area contributed by atoms with Gasteiger partial charge >= 0.3 is 0 Å². The van der Waals surface area contributed by atoms with Crippen molar-refractivity contribution in [1.82, 2.24) is 15.1 Å². The molecule has 0 bridgehead atoms. The van der Waals surface area contributed by atoms with Gasteiger partial charge in [0.1, 0.15) is 0 Å². The third-order valence-electron chi connectivity index (χ3n) is 4.37. The molecule has 3 aliphatic rings. The van der Waals surface area contributed by atoms with Crippen molar-refractivity contribution in [2.45, 2.75) is 44.0 Å². The lowest BCUT2D eigenvalue weighted by molar-refractivity contribution is -0.134. The van der Waals surface area contributed by atoms with Crippen LogP contribution in [0.4, 0.5) is 0 Å². The van der Waals surface area contributed by atoms with Crippen molar-refractivity contribution in [1.29, 1.82) is 0 Å². The van der Waals surface area contributed by atoms with E-state index in [-0.39, 0.29) is 17.8 Å². The van der Waals surface area contributed by atoms with Gasteiger partial charge in [0, 0.05) is 19.6 Å². The molecule has 1 N–H and O–H groups in total. The molecule has 0 aromatic heterocycles. The van der Waals surface area contributed by atoms with Gasteiger partial charge in [-0.15, -0.1) is 0 Å². The fraction of sp³-hybridized carbons (Fsp3) is 0.923. The first kappa shape index (κ1) is 12.4. The van der Waals surface area contributed by atoms with Gasteiger partial charge in [-0.25, -0.2) is 0 Å². The van der Waals surface area contributed by atoms with Crippen LogP contribution in [0.3, 0.4) is 0 Å². The number of nitrogens with one attached hydrogen (secondary N) is 1. The molecular weight excluding hydrogens is 230 g/mol. The van der Waals surface area contributed by atoms with Gasteiger partial charge in [-0.05, 0) is 26.3 Å². The first-order valence-corrected chi connectivity index (χ1v) is 7.03. The van der Waals surface area contributed by atoms with Gasteiger partial charge in [-0.1, -0.05) is 6.92 Å². The average Bonchev–Trinajstić information content (AvgIpc) is 3.08. The van der Waals surface area contributed by atoms with E-state index in [9.17, 15) is 4.79 Å². The Kier molecular flexibility index (Phi) is 3.08. The number of rotatable bonds is 3. The van der Waals surface area contributed by atoms with Crippen LogP contribution in [0.1, 0.15) is 26.2 Å². The predicted octanol–water partition coefficient (Wildman–Crippen LogP) is 0.0175. The van der Waals surface area contributed by atoms with Crippen LogP contribution in [0.25, 0.3) is 0 Å². The molecule has 3 rings (SSSR count). The number of carbonyl (C=O) groups excluding carboxylic acids is 1. The highest BCUT2D eigenvalue weighted by molar-refractivity contribution is 5.91. The second-order valence-corrected chi connectivity index (χ2v) is 5.86. The summed E-state index contributed by atoms with van der Waals surface area (Å²) < 4.78 is 5.78. The van der Waals surface area contributed by atoms with Crippen molar-refractivity contribution < 1.29 is 9.53 Å². The first-order chi connectivity index (χ1) is 8.64. The molecule has 2 saturated heterocycles. The van der Waals surface area contributed by atoms with E-state index in [2.05, 4.69) is 24.2 Å². The largest absolute Gasteiger partial charge is 0.374 e. The zero-order valence-corrected chi connectivity index (χ0v) is 11.3. The van der Waals surface area contributed by atoms with Crippen LogP contribution >= 0.6 is 0 Å². The van der Waals surface area contributed by atoms with Gasteiger partial charge in [0.15, 0.2) is 0 Å². The Hall–Kier alpha value is -0.650. The molecule has 2 atom stereocenters. The van der Waals surface area contributed by atoms with Crippen molar-refractivity contribution in [2.75, 3.05) is 33.3 Å². The fourth-order valence-corrected chi connectivity index (χ4v) is 3.09. The molecule has 5 heteroatoms. The minimum absolute atomic E-state index is 0.164. The molecule has 1 spiro atoms. The number of amides is 1. The Balaban J connectivity index is 1.65. The van der Waals surface area contributed by atoms with E-state index in [0.717, 1.165) is 45.5 Å². The molecule has 2 aliphatic heterocycles. The quantitative estimate of drug-likeness (QED) is 0.770. The van der Waals surface area contributed by atoms with Crippen molar-refractivity contribution in [3.05, 3.63) is 0 Å². The molecule has 2 heterocycles. The van der Waals surface area contributed by atoms with Crippen molar-refractivity contribution >= 4 is 5.91 Å². The summed E-state index contributed by atoms with van der Waals surface area (Å²) in [5, 5.41) is 3.50. The number of nitrogens with zero attached hydrogens (tertiary/aromatic N) is 2. The number of likely N-dealkylation sites (N-methyl/N-ethyl adjacent to an activating group) is 1. The maximum absolute atomic E-state index is 12.4. The van der Waals surface area contributed by atoms with Crippen LogP contribution in [-0.2, 0) is 9.53 Å². The van der Waals surface area contributed by atoms with Crippen molar-refractivity contribution in [2.24, 2.45) is 0 Å². The summed E-state index contributed by atoms with van der Waals surface area (Å²) in [5.41, 5.74) is -0.193. The molecule has 18 heavy (non-hydrogen) atoms. The number of morpholine rings is 1. The SMILES string of the molecule is CCC1NC2(CC2)C(=O)N1CC1CN(C)CCO1. The Labute approximate surface area is 108 Å². The maximum atomic E-state index is 12.4. The molecule has 1 amide bonds. The Morgan fingerprint density at radius 2 is 2.28 bits per heavy atom. The van der Waals surface area contributed by atoms with Crippen LogP contribution in [0.15, 0.2) is 0 Å². The third-order valence-corrected chi connectivity index (χ3v) is 4.37. The number of carbonyl (C=O) groups is 1. The minimum Gasteiger partial charge on any atom is -0.374 e. The lowest BCUT2D eigenvalue weighted by Crippen LogP contribution is -2.49. The lowest BCUT2D eigenvalue weighted by atomic mass is 10.2. The second-order valence-electron chi connectivity index (χ2n) is 5.86. The van der Waals surface area contributed by atoms with Gasteiger partial charge in [0.05, 0.1) is 24.4 Å². The summed E-state index contributed by atoms with van der Waals surface area (Å²) in [6.07, 6.45) is 3.35. The summed E-state index contributed by atoms with van der Waals surface area (Å²) in [4.78, 5) is 16.7. The van der Waals surface area contributed by atoms with Crippen LogP contribution in [0.5, 0.6) is 0 Å². The number of hydrogen-bond acceptors (Lipinski definition) is 4. The van der Waals surface area contributed by atoms with E-state index in [1.165, 1.54) is 0 Å². The molecular formula is C13H23N3O2. The zero-order chi connectivity index (χ0) is 12.8. The van der Waals surface area contributed by atoms with Crippen LogP contribution in [0, 0.1) is 0 Å². The standard InChI is InChI=1S/C13H23N3O2/c1-3-11-14-13(4-5-13)12(17)16(11)9-10-8-15(2)6-7-18-10/h10-11,14H,3-9H2,1-2H3. The second kappa shape index (κ2) is 4.47. The van der Waals surface area contributed by atoms with E-state index < -0.39 is 0 Å². The van der Waals surface area contributed by atoms with Gasteiger partial charge in [0.25, 0.3) is 0 Å². The topological polar surface area (TPSA) is 44.8 Å². The van der Waals surface area contributed by atoms with Crippen molar-refractivity contribution in [3.8, 4) is 0 Å². The molecule has 1 saturated carbocycles. The molecule has 102 valence electrons. The first-order valence-electron chi connectivity index (χ1n) is 7.03. The zero-order valence-electron chi connectivity index (χ0n) is 11.3. The average molecular weight is 253 g/mol. The molecule has 0 aromatic rings. The minimum atomic E-state index is -0.193. The Bertz CT molecular complexity index is 343. The predicted molar refractivity (Wildman–Crippen MR) is 68.1 cm³/mol. The highest BCUT2D eigenvalue weighted by atomic mass is 16.5. The summed E-state index contributed by atoms with van der Waals surface area (Å²) in [5.74, 6) is 0.297. The number of hydrogen-bond donors (Lipinski definition) is 1. The highest BCUT2D eigenvalue weighted by Crippen LogP contribution is 2.42.